The Morgan fingerprint density at radius 1 is 1.42 bits per heavy atom. The van der Waals surface area contributed by atoms with Gasteiger partial charge >= 0.3 is 5.97 Å². The van der Waals surface area contributed by atoms with Crippen molar-refractivity contribution in [2.45, 2.75) is 19.6 Å². The summed E-state index contributed by atoms with van der Waals surface area (Å²) in [6.07, 6.45) is 4.59. The van der Waals surface area contributed by atoms with Gasteiger partial charge in [0, 0.05) is 43.8 Å². The van der Waals surface area contributed by atoms with E-state index < -0.39 is 12.1 Å². The fourth-order valence-electron chi connectivity index (χ4n) is 2.04. The predicted octanol–water partition coefficient (Wildman–Crippen LogP) is 1.01. The fourth-order valence-corrected chi connectivity index (χ4v) is 2.04. The maximum absolute atomic E-state index is 11.2. The lowest BCUT2D eigenvalue weighted by atomic mass is 10.3. The number of hydrogen-bond acceptors (Lipinski definition) is 6. The van der Waals surface area contributed by atoms with Crippen LogP contribution in [-0.2, 0) is 16.1 Å². The Morgan fingerprint density at radius 2 is 2.25 bits per heavy atom. The van der Waals surface area contributed by atoms with Crippen molar-refractivity contribution in [1.29, 1.82) is 0 Å². The highest BCUT2D eigenvalue weighted by Crippen LogP contribution is 2.13. The monoisotopic (exact) mass is 330 g/mol. The standard InChI is InChI=1S/C17H22N4O3/c1-13(2)17(23)24-12-14(22)11-18-7-9-21-10-8-20-16(21)15-5-3-4-6-19-15/h3-6,8,10,14,18,22H,1,7,9,11-12H2,2H3. The number of aromatic nitrogens is 3. The van der Waals surface area contributed by atoms with Gasteiger partial charge in [0.25, 0.3) is 0 Å². The maximum atomic E-state index is 11.2. The Bertz CT molecular complexity index is 669. The minimum atomic E-state index is -0.758. The minimum Gasteiger partial charge on any atom is -0.460 e. The highest BCUT2D eigenvalue weighted by atomic mass is 16.5. The van der Waals surface area contributed by atoms with Gasteiger partial charge in [0.2, 0.25) is 0 Å². The molecule has 2 rings (SSSR count). The second kappa shape index (κ2) is 8.95. The van der Waals surface area contributed by atoms with Gasteiger partial charge in [-0.15, -0.1) is 0 Å². The van der Waals surface area contributed by atoms with E-state index >= 15 is 0 Å². The van der Waals surface area contributed by atoms with Crippen LogP contribution < -0.4 is 5.32 Å². The highest BCUT2D eigenvalue weighted by molar-refractivity contribution is 5.86. The van der Waals surface area contributed by atoms with Crippen molar-refractivity contribution in [3.8, 4) is 11.5 Å². The van der Waals surface area contributed by atoms with E-state index in [1.165, 1.54) is 0 Å². The number of pyridine rings is 1. The number of hydrogen-bond donors (Lipinski definition) is 2. The lowest BCUT2D eigenvalue weighted by molar-refractivity contribution is -0.141. The Balaban J connectivity index is 1.73. The molecular formula is C17H22N4O3. The quantitative estimate of drug-likeness (QED) is 0.405. The van der Waals surface area contributed by atoms with Crippen LogP contribution >= 0.6 is 0 Å². The van der Waals surface area contributed by atoms with Crippen LogP contribution in [-0.4, -0.2) is 51.4 Å². The van der Waals surface area contributed by atoms with Crippen LogP contribution in [0.2, 0.25) is 0 Å². The van der Waals surface area contributed by atoms with E-state index in [9.17, 15) is 9.90 Å². The number of imidazole rings is 1. The predicted molar refractivity (Wildman–Crippen MR) is 90.1 cm³/mol. The molecule has 0 aliphatic carbocycles. The normalized spacial score (nSPS) is 11.9. The highest BCUT2D eigenvalue weighted by Gasteiger charge is 2.10. The van der Waals surface area contributed by atoms with Crippen molar-refractivity contribution >= 4 is 5.97 Å². The second-order valence-electron chi connectivity index (χ2n) is 5.40. The van der Waals surface area contributed by atoms with E-state index in [0.29, 0.717) is 25.2 Å². The molecule has 7 nitrogen and oxygen atoms in total. The molecular weight excluding hydrogens is 308 g/mol. The van der Waals surface area contributed by atoms with E-state index in [2.05, 4.69) is 21.9 Å². The Hall–Kier alpha value is -2.51. The third-order valence-electron chi connectivity index (χ3n) is 3.27. The van der Waals surface area contributed by atoms with E-state index in [1.54, 1.807) is 19.3 Å². The van der Waals surface area contributed by atoms with Gasteiger partial charge in [-0.3, -0.25) is 4.98 Å². The van der Waals surface area contributed by atoms with E-state index in [4.69, 9.17) is 4.74 Å². The molecule has 0 bridgehead atoms. The number of ether oxygens (including phenoxy) is 1. The lowest BCUT2D eigenvalue weighted by Crippen LogP contribution is -2.33. The summed E-state index contributed by atoms with van der Waals surface area (Å²) < 4.78 is 6.88. The molecule has 1 unspecified atom stereocenters. The van der Waals surface area contributed by atoms with Gasteiger partial charge in [-0.05, 0) is 19.1 Å². The SMILES string of the molecule is C=C(C)C(=O)OCC(O)CNCCn1ccnc1-c1ccccn1. The topological polar surface area (TPSA) is 89.3 Å². The number of nitrogens with one attached hydrogen (secondary N) is 1. The van der Waals surface area contributed by atoms with Gasteiger partial charge in [-0.1, -0.05) is 12.6 Å². The summed E-state index contributed by atoms with van der Waals surface area (Å²) in [5.41, 5.74) is 1.13. The average Bonchev–Trinajstić information content (AvgIpc) is 3.05. The first-order valence-electron chi connectivity index (χ1n) is 7.72. The third kappa shape index (κ3) is 5.29. The van der Waals surface area contributed by atoms with Crippen molar-refractivity contribution in [1.82, 2.24) is 19.9 Å². The summed E-state index contributed by atoms with van der Waals surface area (Å²) in [6, 6.07) is 5.69. The number of carbonyl (C=O) groups is 1. The van der Waals surface area contributed by atoms with Crippen LogP contribution in [0.5, 0.6) is 0 Å². The molecule has 2 aromatic heterocycles. The summed E-state index contributed by atoms with van der Waals surface area (Å²) >= 11 is 0. The van der Waals surface area contributed by atoms with Crippen molar-refractivity contribution in [3.05, 3.63) is 48.9 Å². The van der Waals surface area contributed by atoms with Crippen LogP contribution in [0.1, 0.15) is 6.92 Å². The number of aliphatic hydroxyl groups is 1. The van der Waals surface area contributed by atoms with Crippen LogP contribution in [0.15, 0.2) is 48.9 Å². The molecule has 0 aromatic carbocycles. The molecule has 0 spiro atoms. The van der Waals surface area contributed by atoms with E-state index in [1.807, 2.05) is 29.0 Å². The van der Waals surface area contributed by atoms with Crippen molar-refractivity contribution in [3.63, 3.8) is 0 Å². The van der Waals surface area contributed by atoms with Gasteiger partial charge in [0.15, 0.2) is 5.82 Å². The van der Waals surface area contributed by atoms with Crippen molar-refractivity contribution in [2.75, 3.05) is 19.7 Å². The van der Waals surface area contributed by atoms with Crippen molar-refractivity contribution in [2.24, 2.45) is 0 Å². The minimum absolute atomic E-state index is 0.0526. The van der Waals surface area contributed by atoms with E-state index in [-0.39, 0.29) is 6.61 Å². The summed E-state index contributed by atoms with van der Waals surface area (Å²) in [7, 11) is 0. The molecule has 2 N–H and O–H groups in total. The van der Waals surface area contributed by atoms with Gasteiger partial charge in [-0.2, -0.15) is 0 Å². The number of nitrogens with zero attached hydrogens (tertiary/aromatic N) is 3. The van der Waals surface area contributed by atoms with Crippen molar-refractivity contribution < 1.29 is 14.6 Å². The maximum Gasteiger partial charge on any atom is 0.333 e. The molecule has 0 radical (unpaired) electrons. The molecule has 7 heteroatoms. The van der Waals surface area contributed by atoms with Gasteiger partial charge in [0.1, 0.15) is 18.4 Å². The molecule has 2 aromatic rings. The number of carbonyl (C=O) groups excluding carboxylic acids is 1. The molecule has 2 heterocycles. The third-order valence-corrected chi connectivity index (χ3v) is 3.27. The number of esters is 1. The van der Waals surface area contributed by atoms with Crippen LogP contribution in [0, 0.1) is 0 Å². The fraction of sp³-hybridized carbons (Fsp3) is 0.353. The smallest absolute Gasteiger partial charge is 0.333 e. The summed E-state index contributed by atoms with van der Waals surface area (Å²) in [5, 5.41) is 12.9. The van der Waals surface area contributed by atoms with Gasteiger partial charge in [-0.25, -0.2) is 9.78 Å². The first kappa shape index (κ1) is 17.8. The van der Waals surface area contributed by atoms with Crippen LogP contribution in [0.25, 0.3) is 11.5 Å². The van der Waals surface area contributed by atoms with Crippen LogP contribution in [0.3, 0.4) is 0 Å². The Kier molecular flexibility index (Phi) is 6.65. The zero-order valence-electron chi connectivity index (χ0n) is 13.7. The zero-order valence-corrected chi connectivity index (χ0v) is 13.7. The van der Waals surface area contributed by atoms with Gasteiger partial charge < -0.3 is 19.7 Å². The average molecular weight is 330 g/mol. The number of rotatable bonds is 9. The molecule has 0 aliphatic rings. The first-order valence-corrected chi connectivity index (χ1v) is 7.72. The number of aliphatic hydroxyl groups excluding tert-OH is 1. The molecule has 0 amide bonds. The Morgan fingerprint density at radius 3 is 2.96 bits per heavy atom. The Labute approximate surface area is 141 Å². The first-order chi connectivity index (χ1) is 11.6. The molecule has 0 aliphatic heterocycles. The molecule has 0 saturated carbocycles. The molecule has 0 fully saturated rings. The molecule has 1 atom stereocenters. The summed E-state index contributed by atoms with van der Waals surface area (Å²) in [4.78, 5) is 19.9. The second-order valence-corrected chi connectivity index (χ2v) is 5.40. The lowest BCUT2D eigenvalue weighted by Gasteiger charge is -2.13. The zero-order chi connectivity index (χ0) is 17.4. The summed E-state index contributed by atoms with van der Waals surface area (Å²) in [5.74, 6) is 0.306. The van der Waals surface area contributed by atoms with Crippen LogP contribution in [0.4, 0.5) is 0 Å². The largest absolute Gasteiger partial charge is 0.460 e. The summed E-state index contributed by atoms with van der Waals surface area (Å²) in [6.45, 7) is 6.65. The molecule has 24 heavy (non-hydrogen) atoms. The molecule has 128 valence electrons. The van der Waals surface area contributed by atoms with E-state index in [0.717, 1.165) is 11.5 Å². The molecule has 0 saturated heterocycles. The van der Waals surface area contributed by atoms with Gasteiger partial charge in [0.05, 0.1) is 0 Å².